The molecule has 0 unspecified atom stereocenters. The molecule has 0 bridgehead atoms. The normalized spacial score (nSPS) is 8.60. The van der Waals surface area contributed by atoms with Crippen LogP contribution in [0, 0.1) is 11.8 Å². The topological polar surface area (TPSA) is 26.0 Å². The number of hydrogen-bond acceptors (Lipinski definition) is 2. The van der Waals surface area contributed by atoms with Crippen LogP contribution in [0.25, 0.3) is 0 Å². The summed E-state index contributed by atoms with van der Waals surface area (Å²) in [5.41, 5.74) is 5.18. The van der Waals surface area contributed by atoms with E-state index < -0.39 is 0 Å². The molecule has 0 spiro atoms. The Morgan fingerprint density at radius 3 is 3.00 bits per heavy atom. The summed E-state index contributed by atoms with van der Waals surface area (Å²) in [6, 6.07) is 1.83. The van der Waals surface area contributed by atoms with Gasteiger partial charge in [0.2, 0.25) is 0 Å². The molecule has 1 rings (SSSR count). The van der Waals surface area contributed by atoms with E-state index in [9.17, 15) is 0 Å². The van der Waals surface area contributed by atoms with Gasteiger partial charge in [-0.2, -0.15) is 0 Å². The van der Waals surface area contributed by atoms with Crippen LogP contribution in [0.2, 0.25) is 5.02 Å². The lowest BCUT2D eigenvalue weighted by atomic mass is 10.4. The van der Waals surface area contributed by atoms with Crippen LogP contribution in [-0.4, -0.2) is 6.54 Å². The monoisotopic (exact) mass is 171 g/mol. The Hall–Kier alpha value is -0.490. The number of rotatable bonds is 0. The van der Waals surface area contributed by atoms with Gasteiger partial charge >= 0.3 is 0 Å². The van der Waals surface area contributed by atoms with E-state index >= 15 is 0 Å². The van der Waals surface area contributed by atoms with Crippen molar-refractivity contribution < 1.29 is 0 Å². The zero-order valence-corrected chi connectivity index (χ0v) is 6.80. The summed E-state index contributed by atoms with van der Waals surface area (Å²) in [7, 11) is 0. The van der Waals surface area contributed by atoms with Crippen LogP contribution in [0.4, 0.5) is 0 Å². The summed E-state index contributed by atoms with van der Waals surface area (Å²) in [5, 5.41) is 2.62. The average Bonchev–Trinajstić information content (AvgIpc) is 2.31. The maximum absolute atomic E-state index is 5.74. The Balaban J connectivity index is 2.84. The van der Waals surface area contributed by atoms with Crippen LogP contribution in [0.3, 0.4) is 0 Å². The standard InChI is InChI=1S/C7H6ClNS/c8-6-3-5-10-7(6)2-1-4-9/h3,5H,4,9H2. The van der Waals surface area contributed by atoms with Crippen LogP contribution in [0.5, 0.6) is 0 Å². The molecule has 1 nitrogen and oxygen atoms in total. The maximum atomic E-state index is 5.74. The fourth-order valence-electron chi connectivity index (χ4n) is 0.514. The van der Waals surface area contributed by atoms with Gasteiger partial charge in [0.15, 0.2) is 0 Å². The molecule has 0 fully saturated rings. The molecule has 2 N–H and O–H groups in total. The first-order chi connectivity index (χ1) is 4.84. The van der Waals surface area contributed by atoms with E-state index in [4.69, 9.17) is 17.3 Å². The Morgan fingerprint density at radius 2 is 2.50 bits per heavy atom. The molecule has 0 aliphatic carbocycles. The van der Waals surface area contributed by atoms with Gasteiger partial charge in [0.25, 0.3) is 0 Å². The minimum Gasteiger partial charge on any atom is -0.320 e. The number of halogens is 1. The zero-order valence-electron chi connectivity index (χ0n) is 5.23. The molecule has 0 amide bonds. The van der Waals surface area contributed by atoms with Gasteiger partial charge in [0, 0.05) is 0 Å². The second kappa shape index (κ2) is 3.62. The SMILES string of the molecule is NCC#Cc1sccc1Cl. The molecule has 0 saturated heterocycles. The van der Waals surface area contributed by atoms with Crippen molar-refractivity contribution in [3.63, 3.8) is 0 Å². The summed E-state index contributed by atoms with van der Waals surface area (Å²) in [6.07, 6.45) is 0. The number of hydrogen-bond donors (Lipinski definition) is 1. The van der Waals surface area contributed by atoms with Crippen molar-refractivity contribution in [3.8, 4) is 11.8 Å². The first-order valence-electron chi connectivity index (χ1n) is 2.76. The molecular formula is C7H6ClNS. The van der Waals surface area contributed by atoms with Crippen LogP contribution in [-0.2, 0) is 0 Å². The minimum absolute atomic E-state index is 0.383. The van der Waals surface area contributed by atoms with Crippen molar-refractivity contribution >= 4 is 22.9 Å². The predicted octanol–water partition coefficient (Wildman–Crippen LogP) is 1.71. The van der Waals surface area contributed by atoms with E-state index in [0.29, 0.717) is 11.6 Å². The minimum atomic E-state index is 0.383. The van der Waals surface area contributed by atoms with Gasteiger partial charge in [-0.25, -0.2) is 0 Å². The summed E-state index contributed by atoms with van der Waals surface area (Å²) >= 11 is 7.27. The van der Waals surface area contributed by atoms with Gasteiger partial charge in [0.05, 0.1) is 16.4 Å². The first kappa shape index (κ1) is 7.62. The maximum Gasteiger partial charge on any atom is 0.0955 e. The second-order valence-corrected chi connectivity index (χ2v) is 2.93. The Morgan fingerprint density at radius 1 is 1.70 bits per heavy atom. The average molecular weight is 172 g/mol. The highest BCUT2D eigenvalue weighted by Gasteiger charge is 1.94. The van der Waals surface area contributed by atoms with Crippen LogP contribution >= 0.6 is 22.9 Å². The van der Waals surface area contributed by atoms with E-state index in [2.05, 4.69) is 11.8 Å². The van der Waals surface area contributed by atoms with E-state index in [1.807, 2.05) is 11.4 Å². The second-order valence-electron chi connectivity index (χ2n) is 1.60. The van der Waals surface area contributed by atoms with E-state index in [1.165, 1.54) is 11.3 Å². The number of thiophene rings is 1. The summed E-state index contributed by atoms with van der Waals surface area (Å²) in [4.78, 5) is 0.895. The fraction of sp³-hybridized carbons (Fsp3) is 0.143. The van der Waals surface area contributed by atoms with Crippen LogP contribution < -0.4 is 5.73 Å². The predicted molar refractivity (Wildman–Crippen MR) is 45.3 cm³/mol. The zero-order chi connectivity index (χ0) is 7.40. The summed E-state index contributed by atoms with van der Waals surface area (Å²) in [6.45, 7) is 0.383. The molecule has 1 aromatic rings. The Labute approximate surface area is 68.8 Å². The molecule has 0 aliphatic rings. The van der Waals surface area contributed by atoms with Crippen molar-refractivity contribution in [2.75, 3.05) is 6.54 Å². The van der Waals surface area contributed by atoms with Gasteiger partial charge in [-0.1, -0.05) is 23.4 Å². The third-order valence-corrected chi connectivity index (χ3v) is 2.18. The van der Waals surface area contributed by atoms with E-state index in [1.54, 1.807) is 0 Å². The Bertz CT molecular complexity index is 269. The molecule has 52 valence electrons. The molecule has 0 aromatic carbocycles. The molecule has 0 radical (unpaired) electrons. The van der Waals surface area contributed by atoms with Crippen LogP contribution in [0.15, 0.2) is 11.4 Å². The summed E-state index contributed by atoms with van der Waals surface area (Å²) in [5.74, 6) is 5.60. The molecule has 10 heavy (non-hydrogen) atoms. The molecule has 3 heteroatoms. The van der Waals surface area contributed by atoms with Gasteiger partial charge < -0.3 is 5.73 Å². The quantitative estimate of drug-likeness (QED) is 0.591. The lowest BCUT2D eigenvalue weighted by molar-refractivity contribution is 1.30. The highest BCUT2D eigenvalue weighted by Crippen LogP contribution is 2.20. The smallest absolute Gasteiger partial charge is 0.0955 e. The van der Waals surface area contributed by atoms with Crippen molar-refractivity contribution in [2.24, 2.45) is 5.73 Å². The van der Waals surface area contributed by atoms with Gasteiger partial charge in [-0.3, -0.25) is 0 Å². The molecule has 0 aliphatic heterocycles. The van der Waals surface area contributed by atoms with E-state index in [0.717, 1.165) is 4.88 Å². The molecule has 0 saturated carbocycles. The first-order valence-corrected chi connectivity index (χ1v) is 4.02. The highest BCUT2D eigenvalue weighted by molar-refractivity contribution is 7.11. The van der Waals surface area contributed by atoms with Crippen LogP contribution in [0.1, 0.15) is 4.88 Å². The third-order valence-electron chi connectivity index (χ3n) is 0.921. The lowest BCUT2D eigenvalue weighted by Gasteiger charge is -1.79. The van der Waals surface area contributed by atoms with Crippen molar-refractivity contribution in [1.29, 1.82) is 0 Å². The molecule has 1 heterocycles. The van der Waals surface area contributed by atoms with Crippen molar-refractivity contribution in [1.82, 2.24) is 0 Å². The van der Waals surface area contributed by atoms with Crippen molar-refractivity contribution in [2.45, 2.75) is 0 Å². The van der Waals surface area contributed by atoms with Gasteiger partial charge in [-0.15, -0.1) is 11.3 Å². The largest absolute Gasteiger partial charge is 0.320 e. The van der Waals surface area contributed by atoms with Gasteiger partial charge in [-0.05, 0) is 11.4 Å². The van der Waals surface area contributed by atoms with Crippen molar-refractivity contribution in [3.05, 3.63) is 21.3 Å². The highest BCUT2D eigenvalue weighted by atomic mass is 35.5. The van der Waals surface area contributed by atoms with E-state index in [-0.39, 0.29) is 0 Å². The third kappa shape index (κ3) is 1.74. The molecular weight excluding hydrogens is 166 g/mol. The molecule has 0 atom stereocenters. The van der Waals surface area contributed by atoms with Gasteiger partial charge in [0.1, 0.15) is 0 Å². The summed E-state index contributed by atoms with van der Waals surface area (Å²) < 4.78 is 0. The lowest BCUT2D eigenvalue weighted by Crippen LogP contribution is -1.92. The number of nitrogens with two attached hydrogens (primary N) is 1. The fourth-order valence-corrected chi connectivity index (χ4v) is 1.48. The molecule has 1 aromatic heterocycles. The Kier molecular flexibility index (Phi) is 2.76.